The van der Waals surface area contributed by atoms with Gasteiger partial charge in [-0.2, -0.15) is 0 Å². The van der Waals surface area contributed by atoms with Gasteiger partial charge >= 0.3 is 0 Å². The molecule has 0 aromatic rings. The first-order valence-corrected chi connectivity index (χ1v) is 5.47. The van der Waals surface area contributed by atoms with E-state index in [1.54, 1.807) is 11.8 Å². The molecule has 1 aliphatic heterocycles. The maximum Gasteiger partial charge on any atom is 0.255 e. The molecular weight excluding hydrogens is 225 g/mol. The third kappa shape index (κ3) is 2.85. The van der Waals surface area contributed by atoms with Gasteiger partial charge in [0.15, 0.2) is 4.84 Å². The van der Waals surface area contributed by atoms with Crippen LogP contribution in [0.3, 0.4) is 0 Å². The summed E-state index contributed by atoms with van der Waals surface area (Å²) in [4.78, 5) is 23.0. The normalized spacial score (nSPS) is 18.7. The SMILES string of the molecule is CC(=O)C1CCN(C(=O)C(Cl)Cl)CC1. The van der Waals surface area contributed by atoms with Crippen molar-refractivity contribution in [1.82, 2.24) is 4.90 Å². The maximum absolute atomic E-state index is 11.4. The predicted octanol–water partition coefficient (Wildman–Crippen LogP) is 1.62. The number of alkyl halides is 2. The lowest BCUT2D eigenvalue weighted by molar-refractivity contribution is -0.133. The highest BCUT2D eigenvalue weighted by Gasteiger charge is 2.27. The first-order valence-electron chi connectivity index (χ1n) is 4.59. The second-order valence-corrected chi connectivity index (χ2v) is 4.61. The highest BCUT2D eigenvalue weighted by Crippen LogP contribution is 2.19. The molecule has 1 aliphatic rings. The van der Waals surface area contributed by atoms with Crippen molar-refractivity contribution in [3.05, 3.63) is 0 Å². The molecule has 80 valence electrons. The summed E-state index contributed by atoms with van der Waals surface area (Å²) in [5.74, 6) is 0.0453. The van der Waals surface area contributed by atoms with Crippen LogP contribution in [0.2, 0.25) is 0 Å². The molecule has 3 nitrogen and oxygen atoms in total. The Morgan fingerprint density at radius 2 is 1.79 bits per heavy atom. The van der Waals surface area contributed by atoms with Gasteiger partial charge in [0.25, 0.3) is 5.91 Å². The Bertz CT molecular complexity index is 235. The summed E-state index contributed by atoms with van der Waals surface area (Å²) in [7, 11) is 0. The Balaban J connectivity index is 2.43. The molecule has 0 aromatic carbocycles. The lowest BCUT2D eigenvalue weighted by Crippen LogP contribution is -2.42. The van der Waals surface area contributed by atoms with E-state index in [0.717, 1.165) is 12.8 Å². The van der Waals surface area contributed by atoms with Gasteiger partial charge in [-0.05, 0) is 19.8 Å². The van der Waals surface area contributed by atoms with Crippen LogP contribution in [0, 0.1) is 5.92 Å². The number of amides is 1. The van der Waals surface area contributed by atoms with Crippen molar-refractivity contribution < 1.29 is 9.59 Å². The summed E-state index contributed by atoms with van der Waals surface area (Å²) >= 11 is 10.9. The topological polar surface area (TPSA) is 37.4 Å². The fourth-order valence-electron chi connectivity index (χ4n) is 1.64. The zero-order valence-corrected chi connectivity index (χ0v) is 9.51. The average molecular weight is 238 g/mol. The van der Waals surface area contributed by atoms with Crippen molar-refractivity contribution in [1.29, 1.82) is 0 Å². The Hall–Kier alpha value is -0.280. The Morgan fingerprint density at radius 1 is 1.29 bits per heavy atom. The molecular formula is C9H13Cl2NO2. The fourth-order valence-corrected chi connectivity index (χ4v) is 1.92. The van der Waals surface area contributed by atoms with Crippen molar-refractivity contribution in [2.24, 2.45) is 5.92 Å². The van der Waals surface area contributed by atoms with Crippen LogP contribution in [0.4, 0.5) is 0 Å². The Kier molecular flexibility index (Phi) is 4.20. The molecule has 14 heavy (non-hydrogen) atoms. The molecule has 0 N–H and O–H groups in total. The number of rotatable bonds is 2. The number of piperidine rings is 1. The molecule has 5 heteroatoms. The molecule has 1 saturated heterocycles. The van der Waals surface area contributed by atoms with Crippen molar-refractivity contribution >= 4 is 34.9 Å². The van der Waals surface area contributed by atoms with Gasteiger partial charge in [-0.15, -0.1) is 0 Å². The number of likely N-dealkylation sites (tertiary alicyclic amines) is 1. The molecule has 1 amide bonds. The number of Topliss-reactive ketones (excluding diaryl/α,β-unsaturated/α-hetero) is 1. The first kappa shape index (κ1) is 11.8. The minimum atomic E-state index is -0.983. The summed E-state index contributed by atoms with van der Waals surface area (Å²) in [6.45, 7) is 2.76. The van der Waals surface area contributed by atoms with E-state index >= 15 is 0 Å². The molecule has 0 radical (unpaired) electrons. The van der Waals surface area contributed by atoms with Crippen LogP contribution in [-0.2, 0) is 9.59 Å². The van der Waals surface area contributed by atoms with E-state index in [-0.39, 0.29) is 17.6 Å². The van der Waals surface area contributed by atoms with Crippen LogP contribution in [-0.4, -0.2) is 34.5 Å². The summed E-state index contributed by atoms with van der Waals surface area (Å²) < 4.78 is 0. The second kappa shape index (κ2) is 4.99. The van der Waals surface area contributed by atoms with Gasteiger partial charge in [-0.3, -0.25) is 9.59 Å². The largest absolute Gasteiger partial charge is 0.340 e. The van der Waals surface area contributed by atoms with Crippen LogP contribution in [0.1, 0.15) is 19.8 Å². The van der Waals surface area contributed by atoms with Crippen LogP contribution >= 0.6 is 23.2 Å². The van der Waals surface area contributed by atoms with Crippen molar-refractivity contribution in [3.63, 3.8) is 0 Å². The van der Waals surface area contributed by atoms with E-state index in [0.29, 0.717) is 13.1 Å². The highest BCUT2D eigenvalue weighted by atomic mass is 35.5. The van der Waals surface area contributed by atoms with Gasteiger partial charge in [-0.25, -0.2) is 0 Å². The Labute approximate surface area is 93.3 Å². The zero-order chi connectivity index (χ0) is 10.7. The van der Waals surface area contributed by atoms with Gasteiger partial charge in [-0.1, -0.05) is 23.2 Å². The lowest BCUT2D eigenvalue weighted by Gasteiger charge is -2.31. The third-order valence-corrected chi connectivity index (χ3v) is 2.94. The van der Waals surface area contributed by atoms with Crippen LogP contribution in [0.5, 0.6) is 0 Å². The number of carbonyl (C=O) groups excluding carboxylic acids is 2. The molecule has 0 saturated carbocycles. The molecule has 1 rings (SSSR count). The molecule has 0 spiro atoms. The molecule has 1 heterocycles. The molecule has 0 unspecified atom stereocenters. The number of carbonyl (C=O) groups is 2. The van der Waals surface area contributed by atoms with Crippen molar-refractivity contribution in [2.45, 2.75) is 24.6 Å². The van der Waals surface area contributed by atoms with E-state index in [9.17, 15) is 9.59 Å². The molecule has 0 bridgehead atoms. The number of hydrogen-bond donors (Lipinski definition) is 0. The number of halogens is 2. The van der Waals surface area contributed by atoms with E-state index in [1.807, 2.05) is 0 Å². The highest BCUT2D eigenvalue weighted by molar-refractivity contribution is 6.53. The van der Waals surface area contributed by atoms with E-state index in [4.69, 9.17) is 23.2 Å². The van der Waals surface area contributed by atoms with Crippen molar-refractivity contribution in [2.75, 3.05) is 13.1 Å². The van der Waals surface area contributed by atoms with E-state index < -0.39 is 4.84 Å². The fraction of sp³-hybridized carbons (Fsp3) is 0.778. The summed E-state index contributed by atoms with van der Waals surface area (Å²) in [6.07, 6.45) is 1.45. The lowest BCUT2D eigenvalue weighted by atomic mass is 9.93. The average Bonchev–Trinajstić information content (AvgIpc) is 2.16. The minimum absolute atomic E-state index is 0.100. The van der Waals surface area contributed by atoms with Crippen LogP contribution in [0.25, 0.3) is 0 Å². The van der Waals surface area contributed by atoms with E-state index in [2.05, 4.69) is 0 Å². The molecule has 1 fully saturated rings. The van der Waals surface area contributed by atoms with Gasteiger partial charge in [0.2, 0.25) is 0 Å². The Morgan fingerprint density at radius 3 is 2.14 bits per heavy atom. The predicted molar refractivity (Wildman–Crippen MR) is 55.5 cm³/mol. The van der Waals surface area contributed by atoms with E-state index in [1.165, 1.54) is 0 Å². The van der Waals surface area contributed by atoms with Gasteiger partial charge in [0.1, 0.15) is 5.78 Å². The summed E-state index contributed by atoms with van der Waals surface area (Å²) in [6, 6.07) is 0. The first-order chi connectivity index (χ1) is 6.52. The monoisotopic (exact) mass is 237 g/mol. The smallest absolute Gasteiger partial charge is 0.255 e. The zero-order valence-electron chi connectivity index (χ0n) is 8.00. The van der Waals surface area contributed by atoms with Crippen LogP contribution in [0.15, 0.2) is 0 Å². The maximum atomic E-state index is 11.4. The summed E-state index contributed by atoms with van der Waals surface area (Å²) in [5.41, 5.74) is 0. The van der Waals surface area contributed by atoms with Gasteiger partial charge in [0, 0.05) is 19.0 Å². The standard InChI is InChI=1S/C9H13Cl2NO2/c1-6(13)7-2-4-12(5-3-7)9(14)8(10)11/h7-8H,2-5H2,1H3. The summed E-state index contributed by atoms with van der Waals surface area (Å²) in [5, 5.41) is 0. The van der Waals surface area contributed by atoms with Crippen LogP contribution < -0.4 is 0 Å². The quantitative estimate of drug-likeness (QED) is 0.685. The number of nitrogens with zero attached hydrogens (tertiary/aromatic N) is 1. The molecule has 0 aromatic heterocycles. The third-order valence-electron chi connectivity index (χ3n) is 2.57. The minimum Gasteiger partial charge on any atom is -0.340 e. The van der Waals surface area contributed by atoms with Crippen molar-refractivity contribution in [3.8, 4) is 0 Å². The van der Waals surface area contributed by atoms with Gasteiger partial charge in [0.05, 0.1) is 0 Å². The molecule has 0 atom stereocenters. The molecule has 0 aliphatic carbocycles. The second-order valence-electron chi connectivity index (χ2n) is 3.51. The van der Waals surface area contributed by atoms with Gasteiger partial charge < -0.3 is 4.90 Å². The number of hydrogen-bond acceptors (Lipinski definition) is 2. The number of ketones is 1.